The minimum Gasteiger partial charge on any atom is -0.468 e. The van der Waals surface area contributed by atoms with E-state index in [4.69, 9.17) is 9.47 Å². The minimum atomic E-state index is -0.479. The van der Waals surface area contributed by atoms with Crippen LogP contribution in [0.1, 0.15) is 20.7 Å². The number of nitrogens with zero attached hydrogens (tertiary/aromatic N) is 2. The summed E-state index contributed by atoms with van der Waals surface area (Å²) in [7, 11) is 2.60. The molecule has 0 aliphatic rings. The summed E-state index contributed by atoms with van der Waals surface area (Å²) in [5.74, 6) is -1.39. The smallest absolute Gasteiger partial charge is 0.337 e. The van der Waals surface area contributed by atoms with Gasteiger partial charge in [-0.05, 0) is 24.3 Å². The molecule has 0 fully saturated rings. The van der Waals surface area contributed by atoms with Gasteiger partial charge in [-0.25, -0.2) is 4.79 Å². The molecule has 2 heterocycles. The average Bonchev–Trinajstić information content (AvgIpc) is 3.34. The monoisotopic (exact) mass is 423 g/mol. The topological polar surface area (TPSA) is 103 Å². The zero-order valence-corrected chi connectivity index (χ0v) is 17.0. The first-order valence-corrected chi connectivity index (χ1v) is 9.77. The SMILES string of the molecule is COC(=O)Cn1c(=NC(=O)c2c[nH]c3ccccc23)sc2cc(C(=O)OC)ccc21. The van der Waals surface area contributed by atoms with Crippen molar-refractivity contribution in [3.05, 3.63) is 64.6 Å². The van der Waals surface area contributed by atoms with Crippen molar-refractivity contribution in [2.24, 2.45) is 4.99 Å². The number of hydrogen-bond acceptors (Lipinski definition) is 6. The number of aromatic amines is 1. The van der Waals surface area contributed by atoms with Crippen LogP contribution in [0, 0.1) is 0 Å². The van der Waals surface area contributed by atoms with Crippen molar-refractivity contribution in [2.75, 3.05) is 14.2 Å². The van der Waals surface area contributed by atoms with Gasteiger partial charge in [0.05, 0.1) is 35.6 Å². The molecule has 0 unspecified atom stereocenters. The molecule has 8 nitrogen and oxygen atoms in total. The van der Waals surface area contributed by atoms with Crippen LogP contribution in [-0.4, -0.2) is 41.6 Å². The Hall–Kier alpha value is -3.72. The number of carbonyl (C=O) groups is 3. The number of benzene rings is 2. The first-order valence-electron chi connectivity index (χ1n) is 8.95. The number of hydrogen-bond donors (Lipinski definition) is 1. The summed E-state index contributed by atoms with van der Waals surface area (Å²) in [5.41, 5.74) is 2.29. The highest BCUT2D eigenvalue weighted by Crippen LogP contribution is 2.21. The fourth-order valence-electron chi connectivity index (χ4n) is 3.15. The average molecular weight is 423 g/mol. The Morgan fingerprint density at radius 1 is 1.10 bits per heavy atom. The number of amides is 1. The summed E-state index contributed by atoms with van der Waals surface area (Å²) < 4.78 is 11.8. The van der Waals surface area contributed by atoms with Crippen LogP contribution < -0.4 is 4.80 Å². The fourth-order valence-corrected chi connectivity index (χ4v) is 4.21. The maximum absolute atomic E-state index is 12.9. The van der Waals surface area contributed by atoms with E-state index in [9.17, 15) is 14.4 Å². The van der Waals surface area contributed by atoms with Crippen molar-refractivity contribution in [2.45, 2.75) is 6.54 Å². The van der Waals surface area contributed by atoms with Gasteiger partial charge in [-0.15, -0.1) is 0 Å². The molecule has 1 N–H and O–H groups in total. The third kappa shape index (κ3) is 3.50. The van der Waals surface area contributed by atoms with Crippen molar-refractivity contribution in [3.8, 4) is 0 Å². The lowest BCUT2D eigenvalue weighted by Crippen LogP contribution is -2.22. The van der Waals surface area contributed by atoms with Crippen LogP contribution in [0.5, 0.6) is 0 Å². The van der Waals surface area contributed by atoms with Gasteiger partial charge in [0.15, 0.2) is 4.80 Å². The Morgan fingerprint density at radius 2 is 1.90 bits per heavy atom. The molecule has 0 atom stereocenters. The number of para-hydroxylation sites is 1. The molecule has 0 saturated heterocycles. The Balaban J connectivity index is 1.87. The third-order valence-electron chi connectivity index (χ3n) is 4.64. The normalized spacial score (nSPS) is 11.7. The number of esters is 2. The van der Waals surface area contributed by atoms with Crippen LogP contribution in [0.15, 0.2) is 53.7 Å². The van der Waals surface area contributed by atoms with E-state index in [1.165, 1.54) is 25.6 Å². The molecule has 4 rings (SSSR count). The van der Waals surface area contributed by atoms with Gasteiger partial charge < -0.3 is 19.0 Å². The van der Waals surface area contributed by atoms with E-state index in [0.717, 1.165) is 10.9 Å². The molecular formula is C21H17N3O5S. The molecule has 9 heteroatoms. The van der Waals surface area contributed by atoms with Gasteiger partial charge in [0.25, 0.3) is 5.91 Å². The van der Waals surface area contributed by atoms with Crippen LogP contribution in [0.3, 0.4) is 0 Å². The second kappa shape index (κ2) is 7.96. The number of ether oxygens (including phenoxy) is 2. The molecule has 2 aromatic carbocycles. The van der Waals surface area contributed by atoms with Crippen molar-refractivity contribution >= 4 is 50.3 Å². The molecule has 0 aliphatic carbocycles. The fraction of sp³-hybridized carbons (Fsp3) is 0.143. The van der Waals surface area contributed by atoms with Gasteiger partial charge in [0, 0.05) is 17.1 Å². The molecule has 30 heavy (non-hydrogen) atoms. The molecule has 0 radical (unpaired) electrons. The standard InChI is InChI=1S/C21H17N3O5S/c1-28-18(25)11-24-16-8-7-12(20(27)29-2)9-17(16)30-21(24)23-19(26)14-10-22-15-6-4-3-5-13(14)15/h3-10,22H,11H2,1-2H3. The Bertz CT molecular complexity index is 1360. The maximum atomic E-state index is 12.9. The molecule has 0 aliphatic heterocycles. The van der Waals surface area contributed by atoms with E-state index in [0.29, 0.717) is 26.1 Å². The largest absolute Gasteiger partial charge is 0.468 e. The number of nitrogens with one attached hydrogen (secondary N) is 1. The number of aromatic nitrogens is 2. The van der Waals surface area contributed by atoms with Crippen LogP contribution in [-0.2, 0) is 20.8 Å². The predicted molar refractivity (Wildman–Crippen MR) is 111 cm³/mol. The third-order valence-corrected chi connectivity index (χ3v) is 5.68. The van der Waals surface area contributed by atoms with Crippen LogP contribution in [0.4, 0.5) is 0 Å². The number of H-pyrrole nitrogens is 1. The lowest BCUT2D eigenvalue weighted by molar-refractivity contribution is -0.141. The second-order valence-electron chi connectivity index (χ2n) is 6.39. The van der Waals surface area contributed by atoms with E-state index in [-0.39, 0.29) is 6.54 Å². The molecule has 0 spiro atoms. The van der Waals surface area contributed by atoms with Gasteiger partial charge in [0.1, 0.15) is 6.54 Å². The highest BCUT2D eigenvalue weighted by molar-refractivity contribution is 7.16. The molecule has 0 bridgehead atoms. The van der Waals surface area contributed by atoms with Crippen LogP contribution in [0.25, 0.3) is 21.1 Å². The van der Waals surface area contributed by atoms with Crippen LogP contribution in [0.2, 0.25) is 0 Å². The van der Waals surface area contributed by atoms with Gasteiger partial charge in [-0.3, -0.25) is 9.59 Å². The minimum absolute atomic E-state index is 0.117. The van der Waals surface area contributed by atoms with Gasteiger partial charge in [0.2, 0.25) is 0 Å². The summed E-state index contributed by atoms with van der Waals surface area (Å²) in [5, 5.41) is 0.764. The van der Waals surface area contributed by atoms with Crippen molar-refractivity contribution in [3.63, 3.8) is 0 Å². The number of rotatable bonds is 4. The summed E-state index contributed by atoms with van der Waals surface area (Å²) in [6.45, 7) is -0.117. The van der Waals surface area contributed by atoms with Gasteiger partial charge in [-0.1, -0.05) is 29.5 Å². The molecule has 4 aromatic rings. The molecule has 2 aromatic heterocycles. The Kier molecular flexibility index (Phi) is 5.20. The second-order valence-corrected chi connectivity index (χ2v) is 7.39. The van der Waals surface area contributed by atoms with E-state index in [2.05, 4.69) is 9.98 Å². The summed E-state index contributed by atoms with van der Waals surface area (Å²) >= 11 is 1.20. The summed E-state index contributed by atoms with van der Waals surface area (Å²) in [6, 6.07) is 12.4. The predicted octanol–water partition coefficient (Wildman–Crippen LogP) is 2.88. The molecular weight excluding hydrogens is 406 g/mol. The van der Waals surface area contributed by atoms with Gasteiger partial charge >= 0.3 is 11.9 Å². The first-order chi connectivity index (χ1) is 14.5. The molecule has 152 valence electrons. The van der Waals surface area contributed by atoms with E-state index in [1.54, 1.807) is 29.0 Å². The maximum Gasteiger partial charge on any atom is 0.337 e. The zero-order valence-electron chi connectivity index (χ0n) is 16.2. The molecule has 1 amide bonds. The van der Waals surface area contributed by atoms with Crippen molar-refractivity contribution in [1.82, 2.24) is 9.55 Å². The lowest BCUT2D eigenvalue weighted by atomic mass is 10.2. The lowest BCUT2D eigenvalue weighted by Gasteiger charge is -2.04. The highest BCUT2D eigenvalue weighted by Gasteiger charge is 2.16. The van der Waals surface area contributed by atoms with Gasteiger partial charge in [-0.2, -0.15) is 4.99 Å². The highest BCUT2D eigenvalue weighted by atomic mass is 32.1. The first kappa shape index (κ1) is 19.6. The Morgan fingerprint density at radius 3 is 2.67 bits per heavy atom. The number of thiazole rings is 1. The van der Waals surface area contributed by atoms with E-state index < -0.39 is 17.8 Å². The Labute approximate surface area is 174 Å². The van der Waals surface area contributed by atoms with E-state index >= 15 is 0 Å². The quantitative estimate of drug-likeness (QED) is 0.509. The number of fused-ring (bicyclic) bond motifs is 2. The summed E-state index contributed by atoms with van der Waals surface area (Å²) in [4.78, 5) is 44.4. The zero-order chi connectivity index (χ0) is 21.3. The summed E-state index contributed by atoms with van der Waals surface area (Å²) in [6.07, 6.45) is 1.61. The van der Waals surface area contributed by atoms with Crippen molar-refractivity contribution < 1.29 is 23.9 Å². The van der Waals surface area contributed by atoms with Crippen LogP contribution >= 0.6 is 11.3 Å². The number of carbonyl (C=O) groups excluding carboxylic acids is 3. The number of methoxy groups -OCH3 is 2. The van der Waals surface area contributed by atoms with E-state index in [1.807, 2.05) is 24.3 Å². The molecule has 0 saturated carbocycles. The van der Waals surface area contributed by atoms with Crippen molar-refractivity contribution in [1.29, 1.82) is 0 Å².